The van der Waals surface area contributed by atoms with Crippen LogP contribution in [-0.4, -0.2) is 82.6 Å². The zero-order valence-electron chi connectivity index (χ0n) is 16.7. The van der Waals surface area contributed by atoms with Crippen LogP contribution >= 0.6 is 0 Å². The SMILES string of the molecule is CC[C@H](c1cccc(O[C@@H]2OC(C(=O)O)[C@@H](O)C(O)C2O)c1)[C@H](C)CN(C)C. The van der Waals surface area contributed by atoms with Gasteiger partial charge in [0.1, 0.15) is 24.1 Å². The Morgan fingerprint density at radius 1 is 1.21 bits per heavy atom. The van der Waals surface area contributed by atoms with E-state index in [0.29, 0.717) is 17.6 Å². The van der Waals surface area contributed by atoms with Crippen molar-refractivity contribution >= 4 is 5.97 Å². The normalized spacial score (nSPS) is 30.1. The molecular weight excluding hydrogens is 366 g/mol. The summed E-state index contributed by atoms with van der Waals surface area (Å²) in [5.74, 6) is -0.350. The van der Waals surface area contributed by atoms with Gasteiger partial charge < -0.3 is 34.8 Å². The van der Waals surface area contributed by atoms with E-state index in [1.807, 2.05) is 32.3 Å². The molecule has 1 aliphatic rings. The second-order valence-electron chi connectivity index (χ2n) is 7.68. The van der Waals surface area contributed by atoms with Crippen molar-refractivity contribution in [3.05, 3.63) is 29.8 Å². The highest BCUT2D eigenvalue weighted by atomic mass is 16.7. The fourth-order valence-corrected chi connectivity index (χ4v) is 3.77. The molecule has 158 valence electrons. The highest BCUT2D eigenvalue weighted by Crippen LogP contribution is 2.32. The first-order chi connectivity index (χ1) is 13.1. The molecule has 3 unspecified atom stereocenters. The minimum atomic E-state index is -1.74. The number of aliphatic hydroxyl groups excluding tert-OH is 3. The first-order valence-electron chi connectivity index (χ1n) is 9.49. The maximum absolute atomic E-state index is 11.2. The second-order valence-corrected chi connectivity index (χ2v) is 7.68. The van der Waals surface area contributed by atoms with Crippen LogP contribution in [0.4, 0.5) is 0 Å². The quantitative estimate of drug-likeness (QED) is 0.505. The van der Waals surface area contributed by atoms with Crippen LogP contribution in [-0.2, 0) is 9.53 Å². The van der Waals surface area contributed by atoms with Gasteiger partial charge in [-0.2, -0.15) is 0 Å². The van der Waals surface area contributed by atoms with E-state index in [2.05, 4.69) is 18.7 Å². The maximum Gasteiger partial charge on any atom is 0.335 e. The number of benzene rings is 1. The van der Waals surface area contributed by atoms with E-state index in [1.165, 1.54) is 0 Å². The fourth-order valence-electron chi connectivity index (χ4n) is 3.77. The van der Waals surface area contributed by atoms with E-state index in [-0.39, 0.29) is 0 Å². The van der Waals surface area contributed by atoms with Gasteiger partial charge in [0.2, 0.25) is 6.29 Å². The van der Waals surface area contributed by atoms with E-state index in [0.717, 1.165) is 18.5 Å². The number of hydrogen-bond acceptors (Lipinski definition) is 7. The molecule has 1 aliphatic heterocycles. The number of ether oxygens (including phenoxy) is 2. The molecule has 0 bridgehead atoms. The summed E-state index contributed by atoms with van der Waals surface area (Å²) in [4.78, 5) is 13.4. The molecule has 0 saturated carbocycles. The molecule has 2 rings (SSSR count). The molecule has 1 saturated heterocycles. The van der Waals surface area contributed by atoms with Gasteiger partial charge in [0.05, 0.1) is 0 Å². The Hall–Kier alpha value is -1.71. The van der Waals surface area contributed by atoms with Crippen molar-refractivity contribution in [2.75, 3.05) is 20.6 Å². The van der Waals surface area contributed by atoms with Gasteiger partial charge in [-0.25, -0.2) is 4.79 Å². The molecule has 1 fully saturated rings. The molecule has 0 spiro atoms. The van der Waals surface area contributed by atoms with E-state index in [4.69, 9.17) is 14.6 Å². The molecule has 0 aromatic heterocycles. The molecular formula is C20H31NO7. The van der Waals surface area contributed by atoms with E-state index >= 15 is 0 Å². The van der Waals surface area contributed by atoms with Crippen molar-refractivity contribution in [3.63, 3.8) is 0 Å². The molecule has 8 heteroatoms. The van der Waals surface area contributed by atoms with Crippen LogP contribution < -0.4 is 4.74 Å². The van der Waals surface area contributed by atoms with Crippen LogP contribution in [0.2, 0.25) is 0 Å². The minimum absolute atomic E-state index is 0.294. The monoisotopic (exact) mass is 397 g/mol. The first kappa shape index (κ1) is 22.6. The number of rotatable bonds is 8. The topological polar surface area (TPSA) is 120 Å². The molecule has 0 aliphatic carbocycles. The van der Waals surface area contributed by atoms with Crippen LogP contribution in [0.25, 0.3) is 0 Å². The smallest absolute Gasteiger partial charge is 0.335 e. The molecule has 28 heavy (non-hydrogen) atoms. The Bertz CT molecular complexity index is 653. The van der Waals surface area contributed by atoms with Gasteiger partial charge in [0, 0.05) is 6.54 Å². The van der Waals surface area contributed by atoms with Crippen LogP contribution in [0.3, 0.4) is 0 Å². The number of hydrogen-bond donors (Lipinski definition) is 4. The second kappa shape index (κ2) is 9.67. The average Bonchev–Trinajstić information content (AvgIpc) is 2.62. The third kappa shape index (κ3) is 5.21. The van der Waals surface area contributed by atoms with Crippen molar-refractivity contribution in [2.45, 2.75) is 56.9 Å². The molecule has 1 aromatic carbocycles. The largest absolute Gasteiger partial charge is 0.479 e. The van der Waals surface area contributed by atoms with Gasteiger partial charge in [-0.15, -0.1) is 0 Å². The highest BCUT2D eigenvalue weighted by Gasteiger charge is 2.48. The fraction of sp³-hybridized carbons (Fsp3) is 0.650. The molecule has 0 radical (unpaired) electrons. The molecule has 4 N–H and O–H groups in total. The van der Waals surface area contributed by atoms with Gasteiger partial charge in [-0.3, -0.25) is 0 Å². The van der Waals surface area contributed by atoms with Crippen LogP contribution in [0.1, 0.15) is 31.7 Å². The molecule has 7 atom stereocenters. The Balaban J connectivity index is 2.18. The van der Waals surface area contributed by atoms with E-state index < -0.39 is 36.7 Å². The summed E-state index contributed by atoms with van der Waals surface area (Å²) in [6.07, 6.45) is -7.16. The van der Waals surface area contributed by atoms with Crippen molar-refractivity contribution in [1.82, 2.24) is 4.90 Å². The lowest BCUT2D eigenvalue weighted by atomic mass is 9.85. The number of carboxylic acids is 1. The summed E-state index contributed by atoms with van der Waals surface area (Å²) in [5, 5.41) is 39.0. The van der Waals surface area contributed by atoms with Crippen molar-refractivity contribution < 1.29 is 34.7 Å². The highest BCUT2D eigenvalue weighted by molar-refractivity contribution is 5.73. The minimum Gasteiger partial charge on any atom is -0.479 e. The summed E-state index contributed by atoms with van der Waals surface area (Å²) in [7, 11) is 4.06. The zero-order chi connectivity index (χ0) is 21.0. The van der Waals surface area contributed by atoms with Gasteiger partial charge in [-0.1, -0.05) is 26.0 Å². The lowest BCUT2D eigenvalue weighted by molar-refractivity contribution is -0.271. The van der Waals surface area contributed by atoms with Crippen molar-refractivity contribution in [3.8, 4) is 5.75 Å². The summed E-state index contributed by atoms with van der Waals surface area (Å²) in [5.41, 5.74) is 1.06. The predicted octanol–water partition coefficient (Wildman–Crippen LogP) is 0.649. The van der Waals surface area contributed by atoms with Crippen molar-refractivity contribution in [2.24, 2.45) is 5.92 Å². The van der Waals surface area contributed by atoms with E-state index in [9.17, 15) is 20.1 Å². The van der Waals surface area contributed by atoms with Crippen LogP contribution in [0, 0.1) is 5.92 Å². The van der Waals surface area contributed by atoms with Gasteiger partial charge >= 0.3 is 5.97 Å². The van der Waals surface area contributed by atoms with Gasteiger partial charge in [-0.05, 0) is 50.0 Å². The van der Waals surface area contributed by atoms with Crippen LogP contribution in [0.15, 0.2) is 24.3 Å². The Labute approximate surface area is 165 Å². The predicted molar refractivity (Wildman–Crippen MR) is 102 cm³/mol. The summed E-state index contributed by atoms with van der Waals surface area (Å²) in [6, 6.07) is 7.34. The number of aliphatic carboxylic acids is 1. The van der Waals surface area contributed by atoms with E-state index in [1.54, 1.807) is 6.07 Å². The van der Waals surface area contributed by atoms with Gasteiger partial charge in [0.15, 0.2) is 6.10 Å². The number of carbonyl (C=O) groups is 1. The number of carboxylic acid groups (broad SMARTS) is 1. The molecule has 0 amide bonds. The lowest BCUT2D eigenvalue weighted by Crippen LogP contribution is -2.61. The van der Waals surface area contributed by atoms with Crippen LogP contribution in [0.5, 0.6) is 5.75 Å². The standard InChI is InChI=1S/C20H31NO7/c1-5-14(11(2)10-21(3)4)12-7-6-8-13(9-12)27-20-17(24)15(22)16(23)18(28-20)19(25)26/h6-9,11,14-18,20,22-24H,5,10H2,1-4H3,(H,25,26)/t11-,14+,15?,16+,17?,18?,20-/m1/s1. The third-order valence-corrected chi connectivity index (χ3v) is 5.13. The summed E-state index contributed by atoms with van der Waals surface area (Å²) >= 11 is 0. The van der Waals surface area contributed by atoms with Gasteiger partial charge in [0.25, 0.3) is 0 Å². The molecule has 8 nitrogen and oxygen atoms in total. The number of nitrogens with zero attached hydrogens (tertiary/aromatic N) is 1. The first-order valence-corrected chi connectivity index (χ1v) is 9.49. The molecule has 1 heterocycles. The molecule has 1 aromatic rings. The Morgan fingerprint density at radius 3 is 2.46 bits per heavy atom. The van der Waals surface area contributed by atoms with Crippen molar-refractivity contribution in [1.29, 1.82) is 0 Å². The maximum atomic E-state index is 11.2. The summed E-state index contributed by atoms with van der Waals surface area (Å²) in [6.45, 7) is 5.23. The zero-order valence-corrected chi connectivity index (χ0v) is 16.7. The lowest BCUT2D eigenvalue weighted by Gasteiger charge is -2.38. The third-order valence-electron chi connectivity index (χ3n) is 5.13. The number of aliphatic hydroxyl groups is 3. The average molecular weight is 397 g/mol. The Kier molecular flexibility index (Phi) is 7.79. The summed E-state index contributed by atoms with van der Waals surface area (Å²) < 4.78 is 10.8. The Morgan fingerprint density at radius 2 is 1.89 bits per heavy atom.